The lowest BCUT2D eigenvalue weighted by Gasteiger charge is -2.34. The molecule has 0 aromatic carbocycles. The van der Waals surface area contributed by atoms with Crippen LogP contribution in [0.4, 0.5) is 39.5 Å². The van der Waals surface area contributed by atoms with E-state index < -0.39 is 33.4 Å². The zero-order valence-electron chi connectivity index (χ0n) is 18.7. The van der Waals surface area contributed by atoms with E-state index >= 15 is 0 Å². The van der Waals surface area contributed by atoms with E-state index in [2.05, 4.69) is 13.2 Å². The van der Waals surface area contributed by atoms with Crippen molar-refractivity contribution in [3.63, 3.8) is 0 Å². The highest BCUT2D eigenvalue weighted by Gasteiger charge is 2.83. The number of carbonyl (C=O) groups excluding carboxylic acids is 1. The highest BCUT2D eigenvalue weighted by molar-refractivity contribution is 7.97. The summed E-state index contributed by atoms with van der Waals surface area (Å²) in [6, 6.07) is 0. The van der Waals surface area contributed by atoms with Crippen LogP contribution >= 0.6 is 0 Å². The van der Waals surface area contributed by atoms with Crippen molar-refractivity contribution in [1.29, 1.82) is 0 Å². The Labute approximate surface area is 196 Å². The maximum Gasteiger partial charge on any atom is 0.460 e. The molecule has 204 valence electrons. The SMILES string of the molecule is CCCCCCC(=O)C[S+](C)C1CCCCC1.O=S(=O)([O-])C(F)(F)C(F)(F)C(F)(F)C(F)(F)F. The van der Waals surface area contributed by atoms with Crippen molar-refractivity contribution in [2.75, 3.05) is 12.0 Å². The topological polar surface area (TPSA) is 74.3 Å². The van der Waals surface area contributed by atoms with Gasteiger partial charge in [0.2, 0.25) is 0 Å². The number of ketones is 1. The van der Waals surface area contributed by atoms with Gasteiger partial charge in [0.15, 0.2) is 21.7 Å². The largest absolute Gasteiger partial charge is 0.743 e. The van der Waals surface area contributed by atoms with Crippen LogP contribution in [0.1, 0.15) is 71.1 Å². The van der Waals surface area contributed by atoms with E-state index in [1.54, 1.807) is 0 Å². The summed E-state index contributed by atoms with van der Waals surface area (Å²) in [7, 11) is -7.06. The van der Waals surface area contributed by atoms with Crippen LogP contribution < -0.4 is 0 Å². The third-order valence-corrected chi connectivity index (χ3v) is 8.52. The molecule has 0 spiro atoms. The monoisotopic (exact) mass is 556 g/mol. The molecule has 0 heterocycles. The fraction of sp³-hybridized carbons (Fsp3) is 0.947. The molecule has 0 N–H and O–H groups in total. The van der Waals surface area contributed by atoms with Crippen molar-refractivity contribution in [2.45, 2.75) is 99.7 Å². The fourth-order valence-corrected chi connectivity index (χ4v) is 5.65. The van der Waals surface area contributed by atoms with Crippen LogP contribution in [-0.2, 0) is 25.8 Å². The number of unbranched alkanes of at least 4 members (excludes halogenated alkanes) is 3. The Morgan fingerprint density at radius 1 is 0.882 bits per heavy atom. The Kier molecular flexibility index (Phi) is 12.8. The van der Waals surface area contributed by atoms with Gasteiger partial charge in [0.25, 0.3) is 0 Å². The molecule has 15 heteroatoms. The predicted octanol–water partition coefficient (Wildman–Crippen LogP) is 6.06. The molecule has 0 aromatic heterocycles. The van der Waals surface area contributed by atoms with Crippen molar-refractivity contribution in [3.8, 4) is 0 Å². The van der Waals surface area contributed by atoms with Gasteiger partial charge < -0.3 is 4.55 Å². The van der Waals surface area contributed by atoms with E-state index in [1.165, 1.54) is 51.4 Å². The highest BCUT2D eigenvalue weighted by atomic mass is 32.2. The molecule has 1 aliphatic rings. The Morgan fingerprint density at radius 3 is 1.79 bits per heavy atom. The van der Waals surface area contributed by atoms with Gasteiger partial charge >= 0.3 is 23.3 Å². The zero-order valence-corrected chi connectivity index (χ0v) is 20.3. The third-order valence-electron chi connectivity index (χ3n) is 5.25. The zero-order chi connectivity index (χ0) is 27.0. The molecule has 0 amide bonds. The van der Waals surface area contributed by atoms with E-state index in [-0.39, 0.29) is 0 Å². The Morgan fingerprint density at radius 2 is 1.38 bits per heavy atom. The van der Waals surface area contributed by atoms with Gasteiger partial charge in [0.05, 0.1) is 6.26 Å². The van der Waals surface area contributed by atoms with E-state index in [0.717, 1.165) is 23.8 Å². The van der Waals surface area contributed by atoms with E-state index in [1.807, 2.05) is 0 Å². The summed E-state index contributed by atoms with van der Waals surface area (Å²) in [5, 5.41) is -6.25. The summed E-state index contributed by atoms with van der Waals surface area (Å²) in [5.74, 6) is -13.4. The molecule has 0 saturated heterocycles. The third kappa shape index (κ3) is 8.75. The summed E-state index contributed by atoms with van der Waals surface area (Å²) in [4.78, 5) is 11.9. The summed E-state index contributed by atoms with van der Waals surface area (Å²) >= 11 is 0. The van der Waals surface area contributed by atoms with Crippen LogP contribution in [0.15, 0.2) is 0 Å². The van der Waals surface area contributed by atoms with E-state index in [9.17, 15) is 57.3 Å². The first-order valence-electron chi connectivity index (χ1n) is 10.5. The minimum absolute atomic E-state index is 0.357. The molecule has 1 aliphatic carbocycles. The normalized spacial score (nSPS) is 17.6. The van der Waals surface area contributed by atoms with Crippen LogP contribution in [0.25, 0.3) is 0 Å². The Hall–Kier alpha value is -0.700. The second-order valence-electron chi connectivity index (χ2n) is 8.06. The van der Waals surface area contributed by atoms with Crippen molar-refractivity contribution < 1.29 is 57.3 Å². The molecule has 0 radical (unpaired) electrons. The Balaban J connectivity index is 0.000000641. The van der Waals surface area contributed by atoms with Gasteiger partial charge in [-0.3, -0.25) is 4.79 Å². The predicted molar refractivity (Wildman–Crippen MR) is 109 cm³/mol. The van der Waals surface area contributed by atoms with Gasteiger partial charge in [-0.15, -0.1) is 0 Å². The quantitative estimate of drug-likeness (QED) is 0.134. The van der Waals surface area contributed by atoms with Crippen molar-refractivity contribution in [2.24, 2.45) is 0 Å². The molecule has 34 heavy (non-hydrogen) atoms. The molecule has 1 fully saturated rings. The fourth-order valence-electron chi connectivity index (χ4n) is 3.18. The second kappa shape index (κ2) is 13.0. The van der Waals surface area contributed by atoms with Crippen LogP contribution in [0.2, 0.25) is 0 Å². The number of alkyl halides is 9. The van der Waals surface area contributed by atoms with Gasteiger partial charge in [0, 0.05) is 6.42 Å². The molecule has 0 aromatic rings. The summed E-state index contributed by atoms with van der Waals surface area (Å²) in [6.07, 6.45) is 7.86. The molecule has 1 saturated carbocycles. The minimum Gasteiger partial charge on any atom is -0.743 e. The molecule has 0 aliphatic heterocycles. The average Bonchev–Trinajstić information content (AvgIpc) is 2.70. The summed E-state index contributed by atoms with van der Waals surface area (Å²) < 4.78 is 135. The number of Topliss-reactive ketones (excluding diaryl/α,β-unsaturated/α-hetero) is 1. The van der Waals surface area contributed by atoms with Crippen LogP contribution in [0.5, 0.6) is 0 Å². The van der Waals surface area contributed by atoms with Crippen molar-refractivity contribution in [1.82, 2.24) is 0 Å². The first-order chi connectivity index (χ1) is 15.2. The first-order valence-corrected chi connectivity index (χ1v) is 13.8. The van der Waals surface area contributed by atoms with Crippen molar-refractivity contribution in [3.05, 3.63) is 0 Å². The van der Waals surface area contributed by atoms with Gasteiger partial charge in [-0.05, 0) is 43.0 Å². The van der Waals surface area contributed by atoms with Crippen LogP contribution in [0, 0.1) is 0 Å². The molecule has 1 unspecified atom stereocenters. The molecular formula is C19H29F9O4S2. The smallest absolute Gasteiger partial charge is 0.460 e. The number of carbonyl (C=O) groups is 1. The highest BCUT2D eigenvalue weighted by Crippen LogP contribution is 2.54. The number of rotatable bonds is 11. The Bertz CT molecular complexity index is 735. The lowest BCUT2D eigenvalue weighted by molar-refractivity contribution is -0.382. The summed E-state index contributed by atoms with van der Waals surface area (Å²) in [5.41, 5.74) is 0. The van der Waals surface area contributed by atoms with Gasteiger partial charge in [-0.25, -0.2) is 8.42 Å². The lowest BCUT2D eigenvalue weighted by Crippen LogP contribution is -2.63. The molecular weight excluding hydrogens is 527 g/mol. The number of halogens is 9. The van der Waals surface area contributed by atoms with Crippen LogP contribution in [0.3, 0.4) is 0 Å². The number of hydrogen-bond acceptors (Lipinski definition) is 4. The van der Waals surface area contributed by atoms with Gasteiger partial charge in [-0.1, -0.05) is 32.6 Å². The summed E-state index contributed by atoms with van der Waals surface area (Å²) in [6.45, 7) is 2.22. The molecule has 1 atom stereocenters. The van der Waals surface area contributed by atoms with E-state index in [4.69, 9.17) is 0 Å². The maximum absolute atomic E-state index is 12.2. The minimum atomic E-state index is -7.43. The first kappa shape index (κ1) is 33.3. The van der Waals surface area contributed by atoms with E-state index in [0.29, 0.717) is 16.7 Å². The lowest BCUT2D eigenvalue weighted by atomic mass is 10.0. The van der Waals surface area contributed by atoms with Gasteiger partial charge in [0.1, 0.15) is 5.25 Å². The van der Waals surface area contributed by atoms with Crippen molar-refractivity contribution >= 4 is 26.8 Å². The molecule has 0 bridgehead atoms. The standard InChI is InChI=1S/C15H29OS.C4HF9O3S/c1-3-4-5-7-10-14(16)13-17(2)15-11-8-6-9-12-15;5-1(6,3(9,10)11)2(7,8)4(12,13)17(14,15)16/h15H,3-13H2,1-2H3;(H,14,15,16)/q+1;/p-1. The molecule has 4 nitrogen and oxygen atoms in total. The second-order valence-corrected chi connectivity index (χ2v) is 11.8. The van der Waals surface area contributed by atoms with Crippen LogP contribution in [-0.4, -0.2) is 59.3 Å². The average molecular weight is 557 g/mol. The van der Waals surface area contributed by atoms with Gasteiger partial charge in [-0.2, -0.15) is 39.5 Å². The molecule has 1 rings (SSSR count). The number of hydrogen-bond donors (Lipinski definition) is 0. The maximum atomic E-state index is 12.2.